The summed E-state index contributed by atoms with van der Waals surface area (Å²) < 4.78 is 11.3. The number of thiocarbonyl (C=S) groups is 1. The van der Waals surface area contributed by atoms with Crippen molar-refractivity contribution >= 4 is 52.6 Å². The summed E-state index contributed by atoms with van der Waals surface area (Å²) in [6, 6.07) is 18.5. The van der Waals surface area contributed by atoms with Crippen LogP contribution < -0.4 is 5.73 Å². The number of ether oxygens (including phenoxy) is 1. The van der Waals surface area contributed by atoms with Gasteiger partial charge in [0.05, 0.1) is 10.5 Å². The molecule has 0 amide bonds. The first-order chi connectivity index (χ1) is 17.3. The molecule has 3 N–H and O–H groups in total. The van der Waals surface area contributed by atoms with Crippen LogP contribution in [0.4, 0.5) is 0 Å². The maximum Gasteiger partial charge on any atom is 0.338 e. The number of thioether (sulfide) groups is 1. The maximum absolute atomic E-state index is 12.1. The van der Waals surface area contributed by atoms with E-state index in [1.807, 2.05) is 42.3 Å². The van der Waals surface area contributed by atoms with Crippen LogP contribution in [0.25, 0.3) is 17.4 Å². The smallest absolute Gasteiger partial charge is 0.338 e. The number of allylic oxidation sites excluding steroid dienone is 1. The number of aliphatic carboxylic acids is 1. The molecule has 1 aromatic heterocycles. The average molecular weight is 525 g/mol. The number of aldehydes is 1. The topological polar surface area (TPSA) is 123 Å². The van der Waals surface area contributed by atoms with Crippen molar-refractivity contribution in [3.8, 4) is 11.3 Å². The van der Waals surface area contributed by atoms with Crippen LogP contribution in [0.3, 0.4) is 0 Å². The largest absolute Gasteiger partial charge is 0.480 e. The highest BCUT2D eigenvalue weighted by atomic mass is 32.2. The van der Waals surface area contributed by atoms with Crippen molar-refractivity contribution in [3.63, 3.8) is 0 Å². The number of benzene rings is 2. The van der Waals surface area contributed by atoms with Gasteiger partial charge in [-0.25, -0.2) is 4.79 Å². The highest BCUT2D eigenvalue weighted by Crippen LogP contribution is 2.27. The first-order valence-corrected chi connectivity index (χ1v) is 12.0. The van der Waals surface area contributed by atoms with Gasteiger partial charge < -0.3 is 24.9 Å². The van der Waals surface area contributed by atoms with Crippen LogP contribution in [-0.2, 0) is 20.9 Å². The standard InChI is InChI=1S/C26H24N2O6S2/c1-28(14-17-5-3-2-4-6-17)26(35)36-21(15-29)13-20-11-12-23(34-20)18-7-9-19(10-8-18)25(32)33-16-22(27)24(30)31/h2-13,15,22H,14,16,27H2,1H3,(H,30,31)/b21-13+. The van der Waals surface area contributed by atoms with Crippen LogP contribution in [0.15, 0.2) is 76.1 Å². The number of carboxylic acid groups (broad SMARTS) is 1. The third-order valence-corrected chi connectivity index (χ3v) is 6.42. The Hall–Kier alpha value is -3.73. The van der Waals surface area contributed by atoms with E-state index in [0.29, 0.717) is 32.9 Å². The van der Waals surface area contributed by atoms with E-state index >= 15 is 0 Å². The summed E-state index contributed by atoms with van der Waals surface area (Å²) in [7, 11) is 1.87. The fourth-order valence-corrected chi connectivity index (χ4v) is 4.00. The van der Waals surface area contributed by atoms with Crippen LogP contribution in [-0.4, -0.2) is 52.2 Å². The predicted octanol–water partition coefficient (Wildman–Crippen LogP) is 4.21. The molecular formula is C26H24N2O6S2. The minimum absolute atomic E-state index is 0.246. The third kappa shape index (κ3) is 7.64. The van der Waals surface area contributed by atoms with E-state index in [-0.39, 0.29) is 5.56 Å². The molecule has 2 aromatic carbocycles. The molecule has 0 aliphatic rings. The van der Waals surface area contributed by atoms with Gasteiger partial charge in [0.2, 0.25) is 0 Å². The first kappa shape index (κ1) is 26.9. The number of nitrogens with two attached hydrogens (primary N) is 1. The van der Waals surface area contributed by atoms with Crippen LogP contribution >= 0.6 is 24.0 Å². The van der Waals surface area contributed by atoms with E-state index < -0.39 is 24.6 Å². The summed E-state index contributed by atoms with van der Waals surface area (Å²) in [5, 5.41) is 8.76. The molecule has 0 saturated carbocycles. The molecule has 1 atom stereocenters. The Bertz CT molecular complexity index is 1250. The lowest BCUT2D eigenvalue weighted by Gasteiger charge is -2.19. The van der Waals surface area contributed by atoms with E-state index in [2.05, 4.69) is 0 Å². The Morgan fingerprint density at radius 3 is 2.47 bits per heavy atom. The summed E-state index contributed by atoms with van der Waals surface area (Å²) >= 11 is 6.66. The van der Waals surface area contributed by atoms with Crippen molar-refractivity contribution in [2.24, 2.45) is 5.73 Å². The normalized spacial score (nSPS) is 12.0. The molecule has 0 aliphatic heterocycles. The molecule has 10 heteroatoms. The number of hydrogen-bond donors (Lipinski definition) is 2. The highest BCUT2D eigenvalue weighted by Gasteiger charge is 2.16. The van der Waals surface area contributed by atoms with E-state index in [0.717, 1.165) is 11.8 Å². The number of carboxylic acids is 1. The number of nitrogens with zero attached hydrogens (tertiary/aromatic N) is 1. The van der Waals surface area contributed by atoms with Crippen LogP contribution in [0.5, 0.6) is 0 Å². The van der Waals surface area contributed by atoms with Crippen molar-refractivity contribution < 1.29 is 28.6 Å². The van der Waals surface area contributed by atoms with E-state index in [9.17, 15) is 14.4 Å². The lowest BCUT2D eigenvalue weighted by atomic mass is 10.1. The molecule has 0 bridgehead atoms. The SMILES string of the molecule is CN(Cc1ccccc1)C(=S)S/C(C=O)=C/c1ccc(-c2ccc(C(=O)OCC(N)C(=O)O)cc2)o1. The molecule has 186 valence electrons. The molecule has 0 fully saturated rings. The molecule has 8 nitrogen and oxygen atoms in total. The van der Waals surface area contributed by atoms with Crippen molar-refractivity contribution in [1.29, 1.82) is 0 Å². The minimum atomic E-state index is -1.28. The highest BCUT2D eigenvalue weighted by molar-refractivity contribution is 8.26. The van der Waals surface area contributed by atoms with Gasteiger partial charge in [-0.1, -0.05) is 66.4 Å². The predicted molar refractivity (Wildman–Crippen MR) is 142 cm³/mol. The summed E-state index contributed by atoms with van der Waals surface area (Å²) in [6.07, 6.45) is 2.34. The van der Waals surface area contributed by atoms with Crippen molar-refractivity contribution in [2.75, 3.05) is 13.7 Å². The third-order valence-electron chi connectivity index (χ3n) is 4.92. The van der Waals surface area contributed by atoms with Crippen molar-refractivity contribution in [1.82, 2.24) is 4.90 Å². The van der Waals surface area contributed by atoms with Crippen LogP contribution in [0.2, 0.25) is 0 Å². The van der Waals surface area contributed by atoms with E-state index in [1.165, 1.54) is 23.9 Å². The molecule has 1 unspecified atom stereocenters. The van der Waals surface area contributed by atoms with Gasteiger partial charge in [-0.15, -0.1) is 0 Å². The van der Waals surface area contributed by atoms with Gasteiger partial charge in [0.25, 0.3) is 0 Å². The summed E-state index contributed by atoms with van der Waals surface area (Å²) in [5.74, 6) is -0.924. The number of hydrogen-bond acceptors (Lipinski definition) is 8. The molecule has 0 aliphatic carbocycles. The molecule has 0 radical (unpaired) electrons. The fraction of sp³-hybridized carbons (Fsp3) is 0.154. The Balaban J connectivity index is 1.62. The monoisotopic (exact) mass is 524 g/mol. The molecule has 3 rings (SSSR count). The second kappa shape index (κ2) is 12.8. The van der Waals surface area contributed by atoms with Gasteiger partial charge in [0.15, 0.2) is 6.29 Å². The molecule has 0 spiro atoms. The van der Waals surface area contributed by atoms with Gasteiger partial charge in [-0.05, 0) is 35.9 Å². The first-order valence-electron chi connectivity index (χ1n) is 10.8. The molecule has 0 saturated heterocycles. The minimum Gasteiger partial charge on any atom is -0.480 e. The van der Waals surface area contributed by atoms with E-state index in [1.54, 1.807) is 30.3 Å². The zero-order valence-corrected chi connectivity index (χ0v) is 21.0. The van der Waals surface area contributed by atoms with Gasteiger partial charge in [0.1, 0.15) is 28.5 Å². The summed E-state index contributed by atoms with van der Waals surface area (Å²) in [6.45, 7) is 0.200. The quantitative estimate of drug-likeness (QED) is 0.173. The summed E-state index contributed by atoms with van der Waals surface area (Å²) in [5.41, 5.74) is 7.39. The molecule has 3 aromatic rings. The molecule has 1 heterocycles. The van der Waals surface area contributed by atoms with Crippen LogP contribution in [0, 0.1) is 0 Å². The Morgan fingerprint density at radius 1 is 1.14 bits per heavy atom. The number of esters is 1. The lowest BCUT2D eigenvalue weighted by molar-refractivity contribution is -0.139. The number of rotatable bonds is 10. The second-order valence-electron chi connectivity index (χ2n) is 7.70. The second-order valence-corrected chi connectivity index (χ2v) is 9.40. The zero-order chi connectivity index (χ0) is 26.1. The molecular weight excluding hydrogens is 500 g/mol. The Labute approximate surface area is 217 Å². The van der Waals surface area contributed by atoms with Gasteiger partial charge in [-0.2, -0.15) is 0 Å². The van der Waals surface area contributed by atoms with Crippen molar-refractivity contribution in [2.45, 2.75) is 12.6 Å². The zero-order valence-electron chi connectivity index (χ0n) is 19.3. The van der Waals surface area contributed by atoms with Gasteiger partial charge in [0, 0.05) is 19.2 Å². The Morgan fingerprint density at radius 2 is 1.83 bits per heavy atom. The van der Waals surface area contributed by atoms with Gasteiger partial charge in [-0.3, -0.25) is 9.59 Å². The van der Waals surface area contributed by atoms with Crippen LogP contribution in [0.1, 0.15) is 21.7 Å². The maximum atomic E-state index is 12.1. The Kier molecular flexibility index (Phi) is 9.57. The number of carbonyl (C=O) groups is 3. The fourth-order valence-electron chi connectivity index (χ4n) is 3.00. The van der Waals surface area contributed by atoms with E-state index in [4.69, 9.17) is 32.2 Å². The van der Waals surface area contributed by atoms with Gasteiger partial charge >= 0.3 is 11.9 Å². The average Bonchev–Trinajstić information content (AvgIpc) is 3.35. The summed E-state index contributed by atoms with van der Waals surface area (Å²) in [4.78, 5) is 36.7. The lowest BCUT2D eigenvalue weighted by Crippen LogP contribution is -2.35. The number of furan rings is 1. The van der Waals surface area contributed by atoms with Crippen molar-refractivity contribution in [3.05, 3.63) is 88.5 Å². The molecule has 36 heavy (non-hydrogen) atoms. The number of carbonyl (C=O) groups excluding carboxylic acids is 2.